The average Bonchev–Trinajstić information content (AvgIpc) is 2.70. The Morgan fingerprint density at radius 1 is 1.60 bits per heavy atom. The maximum Gasteiger partial charge on any atom is 0.317 e. The third kappa shape index (κ3) is 3.65. The lowest BCUT2D eigenvalue weighted by Crippen LogP contribution is -2.45. The summed E-state index contributed by atoms with van der Waals surface area (Å²) < 4.78 is 0. The number of nitrogens with one attached hydrogen (secondary N) is 1. The van der Waals surface area contributed by atoms with Gasteiger partial charge in [0, 0.05) is 13.1 Å². The highest BCUT2D eigenvalue weighted by Crippen LogP contribution is 2.17. The Morgan fingerprint density at radius 3 is 2.73 bits per heavy atom. The second kappa shape index (κ2) is 5.43. The molecule has 0 aromatic rings. The monoisotopic (exact) mass is 214 g/mol. The fourth-order valence-corrected chi connectivity index (χ4v) is 1.70. The van der Waals surface area contributed by atoms with Crippen LogP contribution in [0.15, 0.2) is 5.16 Å². The van der Waals surface area contributed by atoms with Gasteiger partial charge >= 0.3 is 6.03 Å². The highest BCUT2D eigenvalue weighted by molar-refractivity contribution is 5.86. The fraction of sp³-hybridized carbons (Fsp3) is 0.778. The Kier molecular flexibility index (Phi) is 4.20. The molecule has 2 amide bonds. The topological polar surface area (TPSA) is 90.9 Å². The number of amides is 2. The number of likely N-dealkylation sites (N-methyl/N-ethyl adjacent to an activating group) is 1. The normalized spacial score (nSPS) is 17.8. The predicted octanol–water partition coefficient (Wildman–Crippen LogP) is 0.317. The van der Waals surface area contributed by atoms with Crippen molar-refractivity contribution >= 4 is 11.9 Å². The van der Waals surface area contributed by atoms with Crippen LogP contribution in [0.2, 0.25) is 0 Å². The Labute approximate surface area is 89.1 Å². The third-order valence-electron chi connectivity index (χ3n) is 2.56. The molecule has 0 aromatic carbocycles. The number of hydrogen-bond donors (Lipinski definition) is 3. The first-order chi connectivity index (χ1) is 7.13. The molecule has 0 radical (unpaired) electrons. The van der Waals surface area contributed by atoms with Crippen LogP contribution in [0, 0.1) is 0 Å². The number of amidine groups is 1. The summed E-state index contributed by atoms with van der Waals surface area (Å²) in [6.07, 6.45) is 4.44. The lowest BCUT2D eigenvalue weighted by atomic mass is 10.2. The molecule has 1 aliphatic carbocycles. The van der Waals surface area contributed by atoms with Crippen LogP contribution in [0.25, 0.3) is 0 Å². The molecule has 0 aliphatic heterocycles. The van der Waals surface area contributed by atoms with E-state index in [1.54, 1.807) is 7.05 Å². The molecule has 0 saturated heterocycles. The molecular weight excluding hydrogens is 196 g/mol. The van der Waals surface area contributed by atoms with E-state index < -0.39 is 0 Å². The summed E-state index contributed by atoms with van der Waals surface area (Å²) in [5.74, 6) is 0.0269. The van der Waals surface area contributed by atoms with Crippen LogP contribution >= 0.6 is 0 Å². The van der Waals surface area contributed by atoms with Gasteiger partial charge in [-0.25, -0.2) is 4.79 Å². The predicted molar refractivity (Wildman–Crippen MR) is 56.8 cm³/mol. The van der Waals surface area contributed by atoms with Gasteiger partial charge in [-0.1, -0.05) is 18.0 Å². The summed E-state index contributed by atoms with van der Waals surface area (Å²) in [5.41, 5.74) is 5.30. The highest BCUT2D eigenvalue weighted by atomic mass is 16.4. The first kappa shape index (κ1) is 11.6. The second-order valence-electron chi connectivity index (χ2n) is 3.88. The van der Waals surface area contributed by atoms with Gasteiger partial charge in [-0.15, -0.1) is 0 Å². The van der Waals surface area contributed by atoms with Gasteiger partial charge in [0.25, 0.3) is 0 Å². The number of nitrogens with two attached hydrogens (primary N) is 1. The van der Waals surface area contributed by atoms with E-state index in [0.29, 0.717) is 0 Å². The standard InChI is InChI=1S/C9H18N4O2/c1-13(6-8(10)12-15)9(14)11-7-4-2-3-5-7/h7,15H,2-6H2,1H3,(H2,10,12)(H,11,14). The molecule has 86 valence electrons. The summed E-state index contributed by atoms with van der Waals surface area (Å²) in [5, 5.41) is 14.1. The number of carbonyl (C=O) groups excluding carboxylic acids is 1. The van der Waals surface area contributed by atoms with Gasteiger partial charge in [-0.3, -0.25) is 0 Å². The van der Waals surface area contributed by atoms with E-state index in [1.165, 1.54) is 17.7 Å². The Morgan fingerprint density at radius 2 is 2.20 bits per heavy atom. The lowest BCUT2D eigenvalue weighted by Gasteiger charge is -2.20. The van der Waals surface area contributed by atoms with Crippen molar-refractivity contribution in [1.82, 2.24) is 10.2 Å². The van der Waals surface area contributed by atoms with Crippen molar-refractivity contribution in [3.63, 3.8) is 0 Å². The Balaban J connectivity index is 2.32. The smallest absolute Gasteiger partial charge is 0.317 e. The molecule has 4 N–H and O–H groups in total. The van der Waals surface area contributed by atoms with Crippen LogP contribution in [0.5, 0.6) is 0 Å². The van der Waals surface area contributed by atoms with Gasteiger partial charge in [0.05, 0.1) is 6.54 Å². The molecule has 1 saturated carbocycles. The van der Waals surface area contributed by atoms with Crippen LogP contribution in [0.3, 0.4) is 0 Å². The molecule has 0 spiro atoms. The van der Waals surface area contributed by atoms with Crippen LogP contribution in [-0.2, 0) is 0 Å². The minimum atomic E-state index is -0.173. The zero-order valence-corrected chi connectivity index (χ0v) is 8.94. The summed E-state index contributed by atoms with van der Waals surface area (Å²) in [6.45, 7) is 0.134. The maximum absolute atomic E-state index is 11.6. The zero-order valence-electron chi connectivity index (χ0n) is 8.94. The zero-order chi connectivity index (χ0) is 11.3. The summed E-state index contributed by atoms with van der Waals surface area (Å²) in [6, 6.07) is 0.112. The van der Waals surface area contributed by atoms with E-state index in [-0.39, 0.29) is 24.5 Å². The molecule has 6 nitrogen and oxygen atoms in total. The number of carbonyl (C=O) groups is 1. The quantitative estimate of drug-likeness (QED) is 0.273. The van der Waals surface area contributed by atoms with Crippen molar-refractivity contribution in [2.75, 3.05) is 13.6 Å². The number of urea groups is 1. The van der Waals surface area contributed by atoms with E-state index in [2.05, 4.69) is 10.5 Å². The van der Waals surface area contributed by atoms with Crippen LogP contribution in [0.1, 0.15) is 25.7 Å². The first-order valence-electron chi connectivity index (χ1n) is 5.11. The molecule has 0 aromatic heterocycles. The third-order valence-corrected chi connectivity index (χ3v) is 2.56. The first-order valence-corrected chi connectivity index (χ1v) is 5.11. The van der Waals surface area contributed by atoms with Gasteiger partial charge in [0.1, 0.15) is 0 Å². The number of oxime groups is 1. The van der Waals surface area contributed by atoms with E-state index in [1.807, 2.05) is 0 Å². The lowest BCUT2D eigenvalue weighted by molar-refractivity contribution is 0.209. The van der Waals surface area contributed by atoms with Crippen LogP contribution < -0.4 is 11.1 Å². The van der Waals surface area contributed by atoms with Crippen molar-refractivity contribution < 1.29 is 10.0 Å². The molecule has 15 heavy (non-hydrogen) atoms. The minimum absolute atomic E-state index is 0.0269. The van der Waals surface area contributed by atoms with Gasteiger partial charge < -0.3 is 21.2 Å². The fourth-order valence-electron chi connectivity index (χ4n) is 1.70. The van der Waals surface area contributed by atoms with Crippen LogP contribution in [-0.4, -0.2) is 41.6 Å². The van der Waals surface area contributed by atoms with Crippen molar-refractivity contribution in [3.8, 4) is 0 Å². The van der Waals surface area contributed by atoms with E-state index >= 15 is 0 Å². The van der Waals surface area contributed by atoms with E-state index in [0.717, 1.165) is 12.8 Å². The van der Waals surface area contributed by atoms with Crippen molar-refractivity contribution in [2.45, 2.75) is 31.7 Å². The second-order valence-corrected chi connectivity index (χ2v) is 3.88. The van der Waals surface area contributed by atoms with Gasteiger partial charge in [-0.2, -0.15) is 0 Å². The molecule has 1 fully saturated rings. The number of nitrogens with zero attached hydrogens (tertiary/aromatic N) is 2. The summed E-state index contributed by atoms with van der Waals surface area (Å²) in [7, 11) is 1.61. The molecule has 6 heteroatoms. The van der Waals surface area contributed by atoms with Gasteiger partial charge in [0.15, 0.2) is 5.84 Å². The number of rotatable bonds is 3. The minimum Gasteiger partial charge on any atom is -0.409 e. The molecule has 1 aliphatic rings. The molecule has 0 unspecified atom stereocenters. The van der Waals surface area contributed by atoms with Crippen molar-refractivity contribution in [2.24, 2.45) is 10.9 Å². The molecular formula is C9H18N4O2. The highest BCUT2D eigenvalue weighted by Gasteiger charge is 2.19. The Bertz CT molecular complexity index is 248. The molecule has 1 rings (SSSR count). The van der Waals surface area contributed by atoms with Crippen molar-refractivity contribution in [1.29, 1.82) is 0 Å². The van der Waals surface area contributed by atoms with Crippen LogP contribution in [0.4, 0.5) is 4.79 Å². The molecule has 0 bridgehead atoms. The molecule has 0 heterocycles. The summed E-state index contributed by atoms with van der Waals surface area (Å²) >= 11 is 0. The van der Waals surface area contributed by atoms with E-state index in [9.17, 15) is 4.79 Å². The van der Waals surface area contributed by atoms with Crippen molar-refractivity contribution in [3.05, 3.63) is 0 Å². The Hall–Kier alpha value is -1.46. The summed E-state index contributed by atoms with van der Waals surface area (Å²) in [4.78, 5) is 13.0. The van der Waals surface area contributed by atoms with Gasteiger partial charge in [0.2, 0.25) is 0 Å². The maximum atomic E-state index is 11.6. The SMILES string of the molecule is CN(CC(N)=NO)C(=O)NC1CCCC1. The number of hydrogen-bond acceptors (Lipinski definition) is 3. The van der Waals surface area contributed by atoms with E-state index in [4.69, 9.17) is 10.9 Å². The average molecular weight is 214 g/mol. The molecule has 0 atom stereocenters. The largest absolute Gasteiger partial charge is 0.409 e. The van der Waals surface area contributed by atoms with Gasteiger partial charge in [-0.05, 0) is 12.8 Å².